The van der Waals surface area contributed by atoms with Crippen molar-refractivity contribution in [2.24, 2.45) is 0 Å². The lowest BCUT2D eigenvalue weighted by Crippen LogP contribution is -2.35. The normalized spacial score (nSPS) is 10.3. The Morgan fingerprint density at radius 2 is 1.66 bits per heavy atom. The van der Waals surface area contributed by atoms with Crippen molar-refractivity contribution in [3.05, 3.63) is 110 Å². The Labute approximate surface area is 165 Å². The number of benzene rings is 2. The number of aromatic nitrogens is 1. The van der Waals surface area contributed by atoms with E-state index in [4.69, 9.17) is 5.26 Å². The summed E-state index contributed by atoms with van der Waals surface area (Å²) in [5.74, 6) is -0.519. The van der Waals surface area contributed by atoms with Crippen LogP contribution in [0.2, 0.25) is 0 Å². The molecule has 3 rings (SSSR count). The Hall–Kier alpha value is -4.25. The number of nitrogens with zero attached hydrogens (tertiary/aromatic N) is 3. The summed E-state index contributed by atoms with van der Waals surface area (Å²) in [6.07, 6.45) is 0.961. The molecule has 0 bridgehead atoms. The maximum absolute atomic E-state index is 12.7. The molecule has 144 valence electrons. The minimum atomic E-state index is -0.760. The molecule has 0 aliphatic heterocycles. The average Bonchev–Trinajstić information content (AvgIpc) is 2.74. The summed E-state index contributed by atoms with van der Waals surface area (Å²) in [6, 6.07) is 20.6. The summed E-state index contributed by atoms with van der Waals surface area (Å²) in [6.45, 7) is -0.453. The van der Waals surface area contributed by atoms with Gasteiger partial charge in [0.25, 0.3) is 11.2 Å². The second-order valence-corrected chi connectivity index (χ2v) is 6.24. The van der Waals surface area contributed by atoms with Gasteiger partial charge in [-0.3, -0.25) is 24.3 Å². The number of nitro groups is 1. The van der Waals surface area contributed by atoms with Crippen LogP contribution in [0.1, 0.15) is 22.7 Å². The van der Waals surface area contributed by atoms with E-state index in [9.17, 15) is 19.7 Å². The van der Waals surface area contributed by atoms with Gasteiger partial charge in [-0.05, 0) is 11.1 Å². The highest BCUT2D eigenvalue weighted by Gasteiger charge is 2.19. The Bertz CT molecular complexity index is 1100. The van der Waals surface area contributed by atoms with E-state index in [1.54, 1.807) is 6.07 Å². The zero-order valence-corrected chi connectivity index (χ0v) is 15.2. The fraction of sp³-hybridized carbons (Fsp3) is 0.0952. The van der Waals surface area contributed by atoms with Crippen LogP contribution >= 0.6 is 0 Å². The lowest BCUT2D eigenvalue weighted by atomic mass is 9.99. The Balaban J connectivity index is 1.90. The first kappa shape index (κ1) is 19.5. The van der Waals surface area contributed by atoms with Gasteiger partial charge in [0.1, 0.15) is 18.2 Å². The molecule has 1 amide bonds. The quantitative estimate of drug-likeness (QED) is 0.514. The first-order valence-electron chi connectivity index (χ1n) is 8.68. The molecular weight excluding hydrogens is 372 g/mol. The molecule has 1 N–H and O–H groups in total. The number of rotatable bonds is 6. The number of amides is 1. The summed E-state index contributed by atoms with van der Waals surface area (Å²) < 4.78 is 0.874. The minimum Gasteiger partial charge on any atom is -0.344 e. The van der Waals surface area contributed by atoms with Gasteiger partial charge in [-0.2, -0.15) is 5.26 Å². The van der Waals surface area contributed by atoms with E-state index in [1.807, 2.05) is 60.7 Å². The van der Waals surface area contributed by atoms with Gasteiger partial charge in [-0.25, -0.2) is 0 Å². The van der Waals surface area contributed by atoms with E-state index in [1.165, 1.54) is 0 Å². The number of carbonyl (C=O) groups excluding carboxylic acids is 1. The summed E-state index contributed by atoms with van der Waals surface area (Å²) in [5, 5.41) is 22.9. The van der Waals surface area contributed by atoms with Crippen molar-refractivity contribution in [1.82, 2.24) is 9.88 Å². The molecule has 0 unspecified atom stereocenters. The molecule has 0 aliphatic carbocycles. The standard InChI is InChI=1S/C21H16N4O4/c22-12-17-11-18(25(28)29)13-24(21(17)27)14-19(26)23-20(15-7-3-1-4-8-15)16-9-5-2-6-10-16/h1-11,13,20H,14H2,(H,23,26). The molecule has 0 fully saturated rings. The molecule has 0 radical (unpaired) electrons. The molecular formula is C21H16N4O4. The van der Waals surface area contributed by atoms with Crippen LogP contribution in [-0.4, -0.2) is 15.4 Å². The third-order valence-electron chi connectivity index (χ3n) is 4.29. The van der Waals surface area contributed by atoms with E-state index >= 15 is 0 Å². The Morgan fingerprint density at radius 1 is 1.10 bits per heavy atom. The Morgan fingerprint density at radius 3 is 2.14 bits per heavy atom. The van der Waals surface area contributed by atoms with Crippen LogP contribution < -0.4 is 10.9 Å². The lowest BCUT2D eigenvalue weighted by molar-refractivity contribution is -0.385. The number of hydrogen-bond acceptors (Lipinski definition) is 5. The van der Waals surface area contributed by atoms with E-state index in [-0.39, 0.29) is 0 Å². The average molecular weight is 388 g/mol. The zero-order valence-electron chi connectivity index (χ0n) is 15.2. The number of carbonyl (C=O) groups is 1. The van der Waals surface area contributed by atoms with Crippen LogP contribution in [0.15, 0.2) is 77.7 Å². The van der Waals surface area contributed by atoms with Gasteiger partial charge in [0.05, 0.1) is 17.2 Å². The van der Waals surface area contributed by atoms with Gasteiger partial charge in [-0.1, -0.05) is 60.7 Å². The lowest BCUT2D eigenvalue weighted by Gasteiger charge is -2.20. The molecule has 29 heavy (non-hydrogen) atoms. The molecule has 0 aliphatic rings. The molecule has 1 aromatic heterocycles. The van der Waals surface area contributed by atoms with Gasteiger partial charge in [0, 0.05) is 6.07 Å². The van der Waals surface area contributed by atoms with E-state index < -0.39 is 40.2 Å². The Kier molecular flexibility index (Phi) is 5.80. The largest absolute Gasteiger partial charge is 0.344 e. The third-order valence-corrected chi connectivity index (χ3v) is 4.29. The van der Waals surface area contributed by atoms with Crippen LogP contribution in [0.5, 0.6) is 0 Å². The number of nitriles is 1. The van der Waals surface area contributed by atoms with Gasteiger partial charge in [-0.15, -0.1) is 0 Å². The van der Waals surface area contributed by atoms with Crippen molar-refractivity contribution in [1.29, 1.82) is 5.26 Å². The maximum Gasteiger partial charge on any atom is 0.287 e. The molecule has 0 atom stereocenters. The van der Waals surface area contributed by atoms with Crippen LogP contribution in [0, 0.1) is 21.4 Å². The molecule has 2 aromatic carbocycles. The van der Waals surface area contributed by atoms with Gasteiger partial charge in [0.2, 0.25) is 5.91 Å². The first-order chi connectivity index (χ1) is 14.0. The minimum absolute atomic E-state index is 0.394. The molecule has 8 heteroatoms. The van der Waals surface area contributed by atoms with Crippen molar-refractivity contribution >= 4 is 11.6 Å². The molecule has 1 heterocycles. The third kappa shape index (κ3) is 4.54. The van der Waals surface area contributed by atoms with Crippen LogP contribution in [0.3, 0.4) is 0 Å². The second kappa shape index (κ2) is 8.63. The van der Waals surface area contributed by atoms with Crippen molar-refractivity contribution < 1.29 is 9.72 Å². The number of hydrogen-bond donors (Lipinski definition) is 1. The molecule has 8 nitrogen and oxygen atoms in total. The second-order valence-electron chi connectivity index (χ2n) is 6.24. The van der Waals surface area contributed by atoms with Crippen molar-refractivity contribution in [3.8, 4) is 6.07 Å². The molecule has 0 saturated heterocycles. The molecule has 3 aromatic rings. The van der Waals surface area contributed by atoms with Crippen molar-refractivity contribution in [3.63, 3.8) is 0 Å². The van der Waals surface area contributed by atoms with Crippen LogP contribution in [-0.2, 0) is 11.3 Å². The van der Waals surface area contributed by atoms with Crippen molar-refractivity contribution in [2.45, 2.75) is 12.6 Å². The monoisotopic (exact) mass is 388 g/mol. The predicted octanol–water partition coefficient (Wildman–Crippen LogP) is 2.53. The first-order valence-corrected chi connectivity index (χ1v) is 8.68. The summed E-state index contributed by atoms with van der Waals surface area (Å²) in [5.41, 5.74) is 0.0998. The number of nitrogens with one attached hydrogen (secondary N) is 1. The molecule has 0 spiro atoms. The van der Waals surface area contributed by atoms with Crippen molar-refractivity contribution in [2.75, 3.05) is 0 Å². The smallest absolute Gasteiger partial charge is 0.287 e. The summed E-state index contributed by atoms with van der Waals surface area (Å²) in [4.78, 5) is 35.3. The fourth-order valence-electron chi connectivity index (χ4n) is 2.93. The topological polar surface area (TPSA) is 118 Å². The van der Waals surface area contributed by atoms with Gasteiger partial charge in [0.15, 0.2) is 0 Å². The maximum atomic E-state index is 12.7. The molecule has 0 saturated carbocycles. The predicted molar refractivity (Wildman–Crippen MR) is 105 cm³/mol. The SMILES string of the molecule is N#Cc1cc([N+](=O)[O-])cn(CC(=O)NC(c2ccccc2)c2ccccc2)c1=O. The van der Waals surface area contributed by atoms with E-state index in [0.717, 1.165) is 28.0 Å². The van der Waals surface area contributed by atoms with E-state index in [0.29, 0.717) is 0 Å². The highest BCUT2D eigenvalue weighted by Crippen LogP contribution is 2.21. The van der Waals surface area contributed by atoms with Crippen LogP contribution in [0.25, 0.3) is 0 Å². The van der Waals surface area contributed by atoms with Gasteiger partial charge >= 0.3 is 0 Å². The zero-order chi connectivity index (χ0) is 20.8. The number of pyridine rings is 1. The summed E-state index contributed by atoms with van der Waals surface area (Å²) in [7, 11) is 0. The fourth-order valence-corrected chi connectivity index (χ4v) is 2.93. The highest BCUT2D eigenvalue weighted by molar-refractivity contribution is 5.77. The van der Waals surface area contributed by atoms with Crippen LogP contribution in [0.4, 0.5) is 5.69 Å². The van der Waals surface area contributed by atoms with Gasteiger partial charge < -0.3 is 5.32 Å². The van der Waals surface area contributed by atoms with E-state index in [2.05, 4.69) is 5.32 Å². The summed E-state index contributed by atoms with van der Waals surface area (Å²) >= 11 is 0. The highest BCUT2D eigenvalue weighted by atomic mass is 16.6.